The van der Waals surface area contributed by atoms with Gasteiger partial charge in [-0.25, -0.2) is 4.98 Å². The molecule has 2 saturated heterocycles. The van der Waals surface area contributed by atoms with Gasteiger partial charge in [-0.3, -0.25) is 4.79 Å². The minimum atomic E-state index is 0.140. The quantitative estimate of drug-likeness (QED) is 0.745. The molecule has 3 heterocycles. The number of carbonyl (C=O) groups is 1. The molecule has 5 heteroatoms. The fraction of sp³-hybridized carbons (Fsp3) is 0.579. The molecule has 1 aliphatic carbocycles. The monoisotopic (exact) mass is 362 g/mol. The Kier molecular flexibility index (Phi) is 4.29. The Balaban J connectivity index is 1.51. The smallest absolute Gasteiger partial charge is 0.223 e. The first-order chi connectivity index (χ1) is 11.6. The van der Waals surface area contributed by atoms with E-state index >= 15 is 0 Å². The standard InChI is InChI=1S/C19H23ClN2OS/c1-3-13-8-12-9-14(10-12)22(13)17(23)7-11(2)19-21-18-15(20)5-4-6-16(18)24-19/h4-6,11-14H,3,7-10H2,1-2H3. The van der Waals surface area contributed by atoms with Gasteiger partial charge in [0.2, 0.25) is 5.91 Å². The third-order valence-electron chi connectivity index (χ3n) is 5.65. The highest BCUT2D eigenvalue weighted by atomic mass is 35.5. The van der Waals surface area contributed by atoms with Crippen molar-refractivity contribution >= 4 is 39.1 Å². The van der Waals surface area contributed by atoms with Gasteiger partial charge in [-0.2, -0.15) is 0 Å². The number of carbonyl (C=O) groups excluding carboxylic acids is 1. The van der Waals surface area contributed by atoms with Crippen LogP contribution in [0.3, 0.4) is 0 Å². The largest absolute Gasteiger partial charge is 0.337 e. The number of amides is 1. The van der Waals surface area contributed by atoms with E-state index in [-0.39, 0.29) is 5.92 Å². The van der Waals surface area contributed by atoms with Crippen LogP contribution in [0, 0.1) is 5.92 Å². The van der Waals surface area contributed by atoms with Crippen LogP contribution in [0.2, 0.25) is 5.02 Å². The number of hydrogen-bond acceptors (Lipinski definition) is 3. The second kappa shape index (κ2) is 6.30. The van der Waals surface area contributed by atoms with Crippen molar-refractivity contribution in [3.63, 3.8) is 0 Å². The molecule has 1 aromatic heterocycles. The first-order valence-corrected chi connectivity index (χ1v) is 10.1. The molecule has 3 fully saturated rings. The molecule has 3 aliphatic rings. The van der Waals surface area contributed by atoms with Gasteiger partial charge >= 0.3 is 0 Å². The van der Waals surface area contributed by atoms with Crippen molar-refractivity contribution in [1.82, 2.24) is 9.88 Å². The molecule has 0 spiro atoms. The van der Waals surface area contributed by atoms with Gasteiger partial charge in [0.05, 0.1) is 14.7 Å². The van der Waals surface area contributed by atoms with Crippen molar-refractivity contribution in [2.75, 3.05) is 0 Å². The van der Waals surface area contributed by atoms with Crippen LogP contribution in [0.4, 0.5) is 0 Å². The summed E-state index contributed by atoms with van der Waals surface area (Å²) in [6.45, 7) is 4.31. The van der Waals surface area contributed by atoms with Gasteiger partial charge in [-0.15, -0.1) is 11.3 Å². The minimum absolute atomic E-state index is 0.140. The summed E-state index contributed by atoms with van der Waals surface area (Å²) in [6.07, 6.45) is 5.25. The Morgan fingerprint density at radius 1 is 1.42 bits per heavy atom. The summed E-state index contributed by atoms with van der Waals surface area (Å²) in [4.78, 5) is 19.8. The minimum Gasteiger partial charge on any atom is -0.337 e. The number of fused-ring (bicyclic) bond motifs is 3. The molecule has 3 nitrogen and oxygen atoms in total. The van der Waals surface area contributed by atoms with Crippen LogP contribution in [0.1, 0.15) is 56.9 Å². The van der Waals surface area contributed by atoms with Crippen LogP contribution in [-0.4, -0.2) is 27.9 Å². The molecule has 2 atom stereocenters. The Bertz CT molecular complexity index is 768. The first-order valence-electron chi connectivity index (χ1n) is 8.93. The number of hydrogen-bond donors (Lipinski definition) is 0. The summed E-state index contributed by atoms with van der Waals surface area (Å²) in [5.41, 5.74) is 0.865. The maximum absolute atomic E-state index is 12.9. The fourth-order valence-corrected chi connectivity index (χ4v) is 5.60. The summed E-state index contributed by atoms with van der Waals surface area (Å²) < 4.78 is 1.10. The van der Waals surface area contributed by atoms with Gasteiger partial charge in [0.25, 0.3) is 0 Å². The molecule has 2 aliphatic heterocycles. The summed E-state index contributed by atoms with van der Waals surface area (Å²) in [7, 11) is 0. The maximum atomic E-state index is 12.9. The predicted molar refractivity (Wildman–Crippen MR) is 99.7 cm³/mol. The molecule has 5 rings (SSSR count). The number of rotatable bonds is 4. The average Bonchev–Trinajstić information content (AvgIpc) is 2.99. The van der Waals surface area contributed by atoms with E-state index < -0.39 is 0 Å². The fourth-order valence-electron chi connectivity index (χ4n) is 4.28. The maximum Gasteiger partial charge on any atom is 0.223 e. The van der Waals surface area contributed by atoms with Crippen molar-refractivity contribution in [2.24, 2.45) is 5.92 Å². The molecule has 0 N–H and O–H groups in total. The van der Waals surface area contributed by atoms with Gasteiger partial charge in [0.1, 0.15) is 5.52 Å². The molecular formula is C19H23ClN2OS. The highest BCUT2D eigenvalue weighted by Gasteiger charge is 2.45. The van der Waals surface area contributed by atoms with Gasteiger partial charge < -0.3 is 4.90 Å². The number of benzene rings is 1. The summed E-state index contributed by atoms with van der Waals surface area (Å²) in [6, 6.07) is 6.82. The van der Waals surface area contributed by atoms with Crippen LogP contribution < -0.4 is 0 Å². The van der Waals surface area contributed by atoms with Crippen molar-refractivity contribution in [1.29, 1.82) is 0 Å². The zero-order chi connectivity index (χ0) is 16.8. The molecule has 0 radical (unpaired) electrons. The van der Waals surface area contributed by atoms with Gasteiger partial charge in [0, 0.05) is 24.4 Å². The Labute approximate surface area is 152 Å². The Morgan fingerprint density at radius 2 is 2.21 bits per heavy atom. The van der Waals surface area contributed by atoms with Crippen LogP contribution in [0.15, 0.2) is 18.2 Å². The van der Waals surface area contributed by atoms with Crippen molar-refractivity contribution in [2.45, 2.75) is 64.0 Å². The molecule has 2 bridgehead atoms. The molecule has 128 valence electrons. The number of nitrogens with zero attached hydrogens (tertiary/aromatic N) is 2. The van der Waals surface area contributed by atoms with Gasteiger partial charge in [0.15, 0.2) is 0 Å². The molecule has 1 saturated carbocycles. The second-order valence-corrected chi connectivity index (χ2v) is 8.80. The average molecular weight is 363 g/mol. The molecule has 1 amide bonds. The Hall–Kier alpha value is -1.13. The highest BCUT2D eigenvalue weighted by molar-refractivity contribution is 7.18. The second-order valence-electron chi connectivity index (χ2n) is 7.33. The van der Waals surface area contributed by atoms with Crippen LogP contribution in [0.25, 0.3) is 10.2 Å². The topological polar surface area (TPSA) is 33.2 Å². The molecule has 2 unspecified atom stereocenters. The van der Waals surface area contributed by atoms with E-state index in [1.165, 1.54) is 19.3 Å². The molecular weight excluding hydrogens is 340 g/mol. The van der Waals surface area contributed by atoms with E-state index in [1.807, 2.05) is 18.2 Å². The van der Waals surface area contributed by atoms with Crippen molar-refractivity contribution in [3.8, 4) is 0 Å². The van der Waals surface area contributed by atoms with Crippen molar-refractivity contribution in [3.05, 3.63) is 28.2 Å². The number of thiazole rings is 1. The first kappa shape index (κ1) is 16.3. The van der Waals surface area contributed by atoms with E-state index in [9.17, 15) is 4.79 Å². The van der Waals surface area contributed by atoms with E-state index in [2.05, 4.69) is 18.7 Å². The lowest BCUT2D eigenvalue weighted by Gasteiger charge is -2.54. The normalized spacial score (nSPS) is 27.1. The van der Waals surface area contributed by atoms with Crippen LogP contribution >= 0.6 is 22.9 Å². The predicted octanol–water partition coefficient (Wildman–Crippen LogP) is 5.23. The molecule has 2 aromatic rings. The summed E-state index contributed by atoms with van der Waals surface area (Å²) in [5.74, 6) is 1.32. The lowest BCUT2D eigenvalue weighted by atomic mass is 9.70. The number of para-hydroxylation sites is 1. The van der Waals surface area contributed by atoms with E-state index in [1.54, 1.807) is 11.3 Å². The lowest BCUT2D eigenvalue weighted by Crippen LogP contribution is -2.58. The Morgan fingerprint density at radius 3 is 2.92 bits per heavy atom. The van der Waals surface area contributed by atoms with Crippen LogP contribution in [0.5, 0.6) is 0 Å². The summed E-state index contributed by atoms with van der Waals surface area (Å²) in [5, 5.41) is 1.71. The third-order valence-corrected chi connectivity index (χ3v) is 7.21. The third kappa shape index (κ3) is 2.74. The summed E-state index contributed by atoms with van der Waals surface area (Å²) >= 11 is 7.89. The van der Waals surface area contributed by atoms with Gasteiger partial charge in [-0.05, 0) is 43.7 Å². The number of aromatic nitrogens is 1. The van der Waals surface area contributed by atoms with Crippen molar-refractivity contribution < 1.29 is 4.79 Å². The lowest BCUT2D eigenvalue weighted by molar-refractivity contribution is -0.147. The van der Waals surface area contributed by atoms with Crippen LogP contribution in [-0.2, 0) is 4.79 Å². The zero-order valence-electron chi connectivity index (χ0n) is 14.2. The number of halogens is 1. The molecule has 24 heavy (non-hydrogen) atoms. The zero-order valence-corrected chi connectivity index (χ0v) is 15.7. The highest BCUT2D eigenvalue weighted by Crippen LogP contribution is 2.44. The van der Waals surface area contributed by atoms with E-state index in [0.717, 1.165) is 27.6 Å². The van der Waals surface area contributed by atoms with Gasteiger partial charge in [-0.1, -0.05) is 31.5 Å². The van der Waals surface area contributed by atoms with E-state index in [0.29, 0.717) is 29.4 Å². The van der Waals surface area contributed by atoms with E-state index in [4.69, 9.17) is 16.6 Å². The molecule has 1 aromatic carbocycles. The number of piperidine rings is 2. The SMILES string of the molecule is CCC1CC2CC(C2)N1C(=O)CC(C)c1nc2c(Cl)cccc2s1.